The highest BCUT2D eigenvalue weighted by Crippen LogP contribution is 2.13. The summed E-state index contributed by atoms with van der Waals surface area (Å²) in [5, 5.41) is 0.748. The Morgan fingerprint density at radius 2 is 2.10 bits per heavy atom. The predicted octanol–water partition coefficient (Wildman–Crippen LogP) is 1.70. The van der Waals surface area contributed by atoms with E-state index in [1.165, 1.54) is 0 Å². The van der Waals surface area contributed by atoms with Crippen molar-refractivity contribution in [3.05, 3.63) is 12.2 Å². The molecular formula is C7H11BrO2. The lowest BCUT2D eigenvalue weighted by atomic mass is 10.3. The third-order valence-corrected chi connectivity index (χ3v) is 2.05. The van der Waals surface area contributed by atoms with Gasteiger partial charge in [-0.15, -0.1) is 0 Å². The van der Waals surface area contributed by atoms with Crippen molar-refractivity contribution in [2.75, 3.05) is 18.5 Å². The molecule has 1 fully saturated rings. The molecule has 0 unspecified atom stereocenters. The van der Waals surface area contributed by atoms with Crippen LogP contribution in [0, 0.1) is 0 Å². The van der Waals surface area contributed by atoms with Crippen molar-refractivity contribution in [3.63, 3.8) is 0 Å². The molecule has 0 spiro atoms. The van der Waals surface area contributed by atoms with E-state index in [2.05, 4.69) is 22.5 Å². The quantitative estimate of drug-likeness (QED) is 0.506. The van der Waals surface area contributed by atoms with Gasteiger partial charge in [-0.1, -0.05) is 22.5 Å². The van der Waals surface area contributed by atoms with Crippen LogP contribution in [-0.2, 0) is 9.47 Å². The summed E-state index contributed by atoms with van der Waals surface area (Å²) in [5.74, 6) is 0. The lowest BCUT2D eigenvalue weighted by molar-refractivity contribution is -0.155. The number of hydrogen-bond acceptors (Lipinski definition) is 2. The molecule has 58 valence electrons. The number of rotatable bonds is 2. The lowest BCUT2D eigenvalue weighted by Gasteiger charge is -2.23. The highest BCUT2D eigenvalue weighted by Gasteiger charge is 2.15. The fourth-order valence-corrected chi connectivity index (χ4v) is 1.05. The van der Waals surface area contributed by atoms with Gasteiger partial charge in [-0.3, -0.25) is 0 Å². The van der Waals surface area contributed by atoms with Crippen molar-refractivity contribution >= 4 is 15.9 Å². The summed E-state index contributed by atoms with van der Waals surface area (Å²) < 4.78 is 10.6. The van der Waals surface area contributed by atoms with E-state index in [1.807, 2.05) is 0 Å². The van der Waals surface area contributed by atoms with Crippen LogP contribution in [0.2, 0.25) is 0 Å². The maximum absolute atomic E-state index is 5.28. The van der Waals surface area contributed by atoms with Crippen molar-refractivity contribution in [1.29, 1.82) is 0 Å². The molecule has 10 heavy (non-hydrogen) atoms. The van der Waals surface area contributed by atoms with Crippen LogP contribution >= 0.6 is 15.9 Å². The molecule has 1 aliphatic rings. The largest absolute Gasteiger partial charge is 0.349 e. The van der Waals surface area contributed by atoms with Gasteiger partial charge in [0.25, 0.3) is 0 Å². The van der Waals surface area contributed by atoms with Crippen LogP contribution in [0.25, 0.3) is 0 Å². The second-order valence-electron chi connectivity index (χ2n) is 2.22. The first-order valence-corrected chi connectivity index (χ1v) is 4.43. The molecule has 0 saturated carbocycles. The summed E-state index contributed by atoms with van der Waals surface area (Å²) in [5.41, 5.74) is 0.958. The normalized spacial score (nSPS) is 20.9. The highest BCUT2D eigenvalue weighted by molar-refractivity contribution is 9.09. The van der Waals surface area contributed by atoms with Gasteiger partial charge < -0.3 is 9.47 Å². The molecule has 0 N–H and O–H groups in total. The molecule has 0 amide bonds. The monoisotopic (exact) mass is 206 g/mol. The first-order chi connectivity index (χ1) is 4.84. The van der Waals surface area contributed by atoms with Gasteiger partial charge in [0, 0.05) is 5.33 Å². The molecule has 1 aliphatic heterocycles. The fraction of sp³-hybridized carbons (Fsp3) is 0.714. The van der Waals surface area contributed by atoms with Gasteiger partial charge in [-0.05, 0) is 12.0 Å². The fourth-order valence-electron chi connectivity index (χ4n) is 0.786. The number of hydrogen-bond donors (Lipinski definition) is 0. The molecule has 0 aromatic carbocycles. The Balaban J connectivity index is 2.31. The molecular weight excluding hydrogens is 196 g/mol. The zero-order valence-electron chi connectivity index (χ0n) is 5.81. The summed E-state index contributed by atoms with van der Waals surface area (Å²) in [7, 11) is 0. The average Bonchev–Trinajstić information content (AvgIpc) is 2.05. The van der Waals surface area contributed by atoms with Gasteiger partial charge >= 0.3 is 0 Å². The molecule has 0 aromatic rings. The van der Waals surface area contributed by atoms with E-state index in [4.69, 9.17) is 9.47 Å². The molecule has 0 aromatic heterocycles. The maximum atomic E-state index is 5.28. The van der Waals surface area contributed by atoms with Crippen LogP contribution in [0.4, 0.5) is 0 Å². The zero-order valence-corrected chi connectivity index (χ0v) is 7.39. The Hall–Kier alpha value is 0.140. The van der Waals surface area contributed by atoms with Gasteiger partial charge in [-0.25, -0.2) is 0 Å². The Labute approximate surface area is 69.3 Å². The molecule has 0 bridgehead atoms. The van der Waals surface area contributed by atoms with Crippen LogP contribution in [0.3, 0.4) is 0 Å². The second-order valence-corrected chi connectivity index (χ2v) is 2.78. The lowest BCUT2D eigenvalue weighted by Crippen LogP contribution is -2.26. The highest BCUT2D eigenvalue weighted by atomic mass is 79.9. The molecule has 0 radical (unpaired) electrons. The van der Waals surface area contributed by atoms with Crippen molar-refractivity contribution in [1.82, 2.24) is 0 Å². The zero-order chi connectivity index (χ0) is 7.40. The van der Waals surface area contributed by atoms with Gasteiger partial charge in [0.2, 0.25) is 0 Å². The Morgan fingerprint density at radius 3 is 2.60 bits per heavy atom. The Bertz CT molecular complexity index is 119. The number of alkyl halides is 1. The second kappa shape index (κ2) is 4.11. The van der Waals surface area contributed by atoms with E-state index >= 15 is 0 Å². The van der Waals surface area contributed by atoms with Crippen LogP contribution in [-0.4, -0.2) is 24.8 Å². The van der Waals surface area contributed by atoms with Crippen LogP contribution < -0.4 is 0 Å². The standard InChI is InChI=1S/C7H11BrO2/c1-6(5-8)7-9-3-2-4-10-7/h7H,1-5H2. The summed E-state index contributed by atoms with van der Waals surface area (Å²) in [6.07, 6.45) is 0.819. The van der Waals surface area contributed by atoms with Gasteiger partial charge in [-0.2, -0.15) is 0 Å². The van der Waals surface area contributed by atoms with Crippen LogP contribution in [0.15, 0.2) is 12.2 Å². The van der Waals surface area contributed by atoms with E-state index in [1.54, 1.807) is 0 Å². The van der Waals surface area contributed by atoms with Gasteiger partial charge in [0.15, 0.2) is 6.29 Å². The third kappa shape index (κ3) is 2.08. The number of halogens is 1. The summed E-state index contributed by atoms with van der Waals surface area (Å²) in [4.78, 5) is 0. The van der Waals surface area contributed by atoms with Crippen LogP contribution in [0.1, 0.15) is 6.42 Å². The van der Waals surface area contributed by atoms with Crippen molar-refractivity contribution in [2.24, 2.45) is 0 Å². The molecule has 2 nitrogen and oxygen atoms in total. The van der Waals surface area contributed by atoms with Crippen molar-refractivity contribution < 1.29 is 9.47 Å². The van der Waals surface area contributed by atoms with Crippen LogP contribution in [0.5, 0.6) is 0 Å². The average molecular weight is 207 g/mol. The SMILES string of the molecule is C=C(CBr)C1OCCCO1. The molecule has 1 rings (SSSR count). The van der Waals surface area contributed by atoms with E-state index in [0.717, 1.165) is 30.5 Å². The smallest absolute Gasteiger partial charge is 0.180 e. The topological polar surface area (TPSA) is 18.5 Å². The molecule has 0 atom stereocenters. The molecule has 1 heterocycles. The van der Waals surface area contributed by atoms with E-state index in [-0.39, 0.29) is 6.29 Å². The minimum Gasteiger partial charge on any atom is -0.349 e. The van der Waals surface area contributed by atoms with Gasteiger partial charge in [0.1, 0.15) is 0 Å². The first-order valence-electron chi connectivity index (χ1n) is 3.31. The van der Waals surface area contributed by atoms with Gasteiger partial charge in [0.05, 0.1) is 13.2 Å². The summed E-state index contributed by atoms with van der Waals surface area (Å²) in [6, 6.07) is 0. The molecule has 0 aliphatic carbocycles. The minimum absolute atomic E-state index is 0.173. The molecule has 1 saturated heterocycles. The minimum atomic E-state index is -0.173. The van der Waals surface area contributed by atoms with Crippen molar-refractivity contribution in [2.45, 2.75) is 12.7 Å². The third-order valence-electron chi connectivity index (χ3n) is 1.33. The summed E-state index contributed by atoms with van der Waals surface area (Å²) in [6.45, 7) is 5.38. The predicted molar refractivity (Wildman–Crippen MR) is 43.2 cm³/mol. The Morgan fingerprint density at radius 1 is 1.50 bits per heavy atom. The van der Waals surface area contributed by atoms with E-state index in [9.17, 15) is 0 Å². The Kier molecular flexibility index (Phi) is 3.39. The molecule has 3 heteroatoms. The van der Waals surface area contributed by atoms with E-state index < -0.39 is 0 Å². The van der Waals surface area contributed by atoms with Crippen molar-refractivity contribution in [3.8, 4) is 0 Å². The first kappa shape index (κ1) is 8.24. The summed E-state index contributed by atoms with van der Waals surface area (Å²) >= 11 is 3.29. The maximum Gasteiger partial charge on any atom is 0.180 e. The van der Waals surface area contributed by atoms with E-state index in [0.29, 0.717) is 0 Å². The number of ether oxygens (including phenoxy) is 2.